The lowest BCUT2D eigenvalue weighted by Crippen LogP contribution is -2.25. The van der Waals surface area contributed by atoms with E-state index in [2.05, 4.69) is 10.5 Å². The zero-order valence-electron chi connectivity index (χ0n) is 9.01. The van der Waals surface area contributed by atoms with E-state index >= 15 is 0 Å². The largest absolute Gasteiger partial charge is 0.507 e. The van der Waals surface area contributed by atoms with Crippen molar-refractivity contribution in [2.24, 2.45) is 10.8 Å². The Balaban J connectivity index is 2.47. The number of hydrogen-bond acceptors (Lipinski definition) is 3. The molecule has 0 fully saturated rings. The van der Waals surface area contributed by atoms with Crippen molar-refractivity contribution in [2.45, 2.75) is 0 Å². The monoisotopic (exact) mass is 228 g/mol. The molecule has 0 aliphatic carbocycles. The number of hydrogen-bond donors (Lipinski definition) is 4. The van der Waals surface area contributed by atoms with E-state index < -0.39 is 0 Å². The summed E-state index contributed by atoms with van der Waals surface area (Å²) in [5, 5.41) is 22.4. The van der Waals surface area contributed by atoms with Gasteiger partial charge in [-0.2, -0.15) is 5.10 Å². The minimum Gasteiger partial charge on any atom is -0.507 e. The molecule has 0 radical (unpaired) electrons. The minimum atomic E-state index is -0.249. The van der Waals surface area contributed by atoms with Crippen LogP contribution in [0.3, 0.4) is 0 Å². The number of fused-ring (bicyclic) bond motifs is 1. The van der Waals surface area contributed by atoms with Crippen LogP contribution in [-0.4, -0.2) is 17.3 Å². The molecule has 0 atom stereocenters. The van der Waals surface area contributed by atoms with Crippen molar-refractivity contribution in [1.82, 2.24) is 5.43 Å². The molecule has 5 heteroatoms. The normalized spacial score (nSPS) is 10.8. The first-order valence-electron chi connectivity index (χ1n) is 5.02. The molecule has 0 aliphatic heterocycles. The first-order valence-corrected chi connectivity index (χ1v) is 5.02. The number of guanidine groups is 1. The Morgan fingerprint density at radius 1 is 1.29 bits per heavy atom. The molecule has 0 saturated carbocycles. The number of rotatable bonds is 2. The van der Waals surface area contributed by atoms with Gasteiger partial charge in [-0.25, -0.2) is 5.43 Å². The number of benzene rings is 2. The highest BCUT2D eigenvalue weighted by atomic mass is 16.3. The molecule has 0 aromatic heterocycles. The summed E-state index contributed by atoms with van der Waals surface area (Å²) in [7, 11) is 0. The molecule has 0 aliphatic rings. The fourth-order valence-corrected chi connectivity index (χ4v) is 1.59. The van der Waals surface area contributed by atoms with E-state index in [0.717, 1.165) is 10.8 Å². The average Bonchev–Trinajstić information content (AvgIpc) is 2.32. The second-order valence-electron chi connectivity index (χ2n) is 3.50. The predicted octanol–water partition coefficient (Wildman–Crippen LogP) is 1.36. The Kier molecular flexibility index (Phi) is 2.91. The van der Waals surface area contributed by atoms with Gasteiger partial charge in [-0.1, -0.05) is 30.3 Å². The van der Waals surface area contributed by atoms with Gasteiger partial charge in [0.1, 0.15) is 5.75 Å². The fraction of sp³-hybridized carbons (Fsp3) is 0. The molecule has 0 unspecified atom stereocenters. The topological polar surface area (TPSA) is 94.5 Å². The SMILES string of the molecule is N=C(N)NN=Cc1c(O)ccc2ccccc12. The maximum Gasteiger partial charge on any atom is 0.206 e. The van der Waals surface area contributed by atoms with Crippen molar-refractivity contribution in [2.75, 3.05) is 0 Å². The Morgan fingerprint density at radius 3 is 2.82 bits per heavy atom. The van der Waals surface area contributed by atoms with Gasteiger partial charge in [0.15, 0.2) is 0 Å². The highest BCUT2D eigenvalue weighted by Crippen LogP contribution is 2.25. The molecule has 0 bridgehead atoms. The van der Waals surface area contributed by atoms with Gasteiger partial charge >= 0.3 is 0 Å². The molecule has 5 N–H and O–H groups in total. The number of nitrogens with one attached hydrogen (secondary N) is 2. The van der Waals surface area contributed by atoms with Crippen LogP contribution in [-0.2, 0) is 0 Å². The molecule has 2 rings (SSSR count). The molecule has 86 valence electrons. The molecule has 0 amide bonds. The number of phenols is 1. The predicted molar refractivity (Wildman–Crippen MR) is 68.3 cm³/mol. The van der Waals surface area contributed by atoms with Crippen molar-refractivity contribution < 1.29 is 5.11 Å². The molecule has 17 heavy (non-hydrogen) atoms. The van der Waals surface area contributed by atoms with Crippen LogP contribution in [0.15, 0.2) is 41.5 Å². The van der Waals surface area contributed by atoms with Crippen LogP contribution in [0, 0.1) is 5.41 Å². The second kappa shape index (κ2) is 4.52. The van der Waals surface area contributed by atoms with Crippen LogP contribution >= 0.6 is 0 Å². The standard InChI is InChI=1S/C12H12N4O/c13-12(14)16-15-7-10-9-4-2-1-3-8(9)5-6-11(10)17/h1-7,17H,(H4,13,14,16). The average molecular weight is 228 g/mol. The lowest BCUT2D eigenvalue weighted by Gasteiger charge is -2.04. The van der Waals surface area contributed by atoms with Crippen molar-refractivity contribution in [3.8, 4) is 5.75 Å². The van der Waals surface area contributed by atoms with Gasteiger partial charge in [0, 0.05) is 5.56 Å². The van der Waals surface area contributed by atoms with E-state index in [1.165, 1.54) is 6.21 Å². The summed E-state index contributed by atoms with van der Waals surface area (Å²) in [6.45, 7) is 0. The van der Waals surface area contributed by atoms with E-state index in [-0.39, 0.29) is 11.7 Å². The Morgan fingerprint density at radius 2 is 2.06 bits per heavy atom. The third-order valence-corrected chi connectivity index (χ3v) is 2.33. The van der Waals surface area contributed by atoms with E-state index in [1.807, 2.05) is 30.3 Å². The Hall–Kier alpha value is -2.56. The van der Waals surface area contributed by atoms with Crippen LogP contribution in [0.4, 0.5) is 0 Å². The summed E-state index contributed by atoms with van der Waals surface area (Å²) in [5.41, 5.74) is 8.00. The first kappa shape index (κ1) is 10.9. The van der Waals surface area contributed by atoms with Crippen LogP contribution < -0.4 is 11.2 Å². The van der Waals surface area contributed by atoms with Crippen LogP contribution in [0.2, 0.25) is 0 Å². The van der Waals surface area contributed by atoms with Gasteiger partial charge in [-0.05, 0) is 16.8 Å². The molecule has 0 spiro atoms. The van der Waals surface area contributed by atoms with E-state index in [9.17, 15) is 5.11 Å². The van der Waals surface area contributed by atoms with Crippen LogP contribution in [0.5, 0.6) is 5.75 Å². The van der Waals surface area contributed by atoms with Gasteiger partial charge < -0.3 is 10.8 Å². The van der Waals surface area contributed by atoms with Gasteiger partial charge in [-0.15, -0.1) is 0 Å². The third kappa shape index (κ3) is 2.34. The number of phenolic OH excluding ortho intramolecular Hbond substituents is 1. The van der Waals surface area contributed by atoms with Crippen molar-refractivity contribution in [3.63, 3.8) is 0 Å². The summed E-state index contributed by atoms with van der Waals surface area (Å²) >= 11 is 0. The second-order valence-corrected chi connectivity index (χ2v) is 3.50. The molecular formula is C12H12N4O. The molecule has 2 aromatic rings. The molecule has 2 aromatic carbocycles. The van der Waals surface area contributed by atoms with Gasteiger partial charge in [0.25, 0.3) is 0 Å². The van der Waals surface area contributed by atoms with E-state index in [4.69, 9.17) is 11.1 Å². The quantitative estimate of drug-likeness (QED) is 0.355. The summed E-state index contributed by atoms with van der Waals surface area (Å²) in [5.74, 6) is -0.112. The zero-order chi connectivity index (χ0) is 12.3. The maximum absolute atomic E-state index is 9.77. The summed E-state index contributed by atoms with van der Waals surface area (Å²) in [6.07, 6.45) is 1.44. The highest BCUT2D eigenvalue weighted by Gasteiger charge is 2.03. The smallest absolute Gasteiger partial charge is 0.206 e. The van der Waals surface area contributed by atoms with E-state index in [0.29, 0.717) is 5.56 Å². The van der Waals surface area contributed by atoms with Gasteiger partial charge in [-0.3, -0.25) is 5.41 Å². The van der Waals surface area contributed by atoms with Gasteiger partial charge in [0.2, 0.25) is 5.96 Å². The number of hydrazone groups is 1. The maximum atomic E-state index is 9.77. The minimum absolute atomic E-state index is 0.137. The Bertz CT molecular complexity index is 592. The molecule has 0 saturated heterocycles. The molecule has 5 nitrogen and oxygen atoms in total. The fourth-order valence-electron chi connectivity index (χ4n) is 1.59. The first-order chi connectivity index (χ1) is 8.18. The summed E-state index contributed by atoms with van der Waals surface area (Å²) in [4.78, 5) is 0. The van der Waals surface area contributed by atoms with Crippen molar-refractivity contribution in [3.05, 3.63) is 42.0 Å². The zero-order valence-corrected chi connectivity index (χ0v) is 9.01. The van der Waals surface area contributed by atoms with E-state index in [1.54, 1.807) is 6.07 Å². The lowest BCUT2D eigenvalue weighted by atomic mass is 10.0. The highest BCUT2D eigenvalue weighted by molar-refractivity contribution is 6.02. The summed E-state index contributed by atoms with van der Waals surface area (Å²) < 4.78 is 0. The van der Waals surface area contributed by atoms with Gasteiger partial charge in [0.05, 0.1) is 6.21 Å². The summed E-state index contributed by atoms with van der Waals surface area (Å²) in [6, 6.07) is 11.1. The third-order valence-electron chi connectivity index (χ3n) is 2.33. The number of aromatic hydroxyl groups is 1. The van der Waals surface area contributed by atoms with Crippen LogP contribution in [0.1, 0.15) is 5.56 Å². The number of nitrogens with zero attached hydrogens (tertiary/aromatic N) is 1. The number of nitrogens with two attached hydrogens (primary N) is 1. The molecular weight excluding hydrogens is 216 g/mol. The Labute approximate surface area is 98.1 Å². The van der Waals surface area contributed by atoms with Crippen molar-refractivity contribution in [1.29, 1.82) is 5.41 Å². The van der Waals surface area contributed by atoms with Crippen molar-refractivity contribution >= 4 is 22.9 Å². The van der Waals surface area contributed by atoms with Crippen LogP contribution in [0.25, 0.3) is 10.8 Å². The lowest BCUT2D eigenvalue weighted by molar-refractivity contribution is 0.475. The molecule has 0 heterocycles.